The molecule has 4 aromatic rings. The second-order valence-electron chi connectivity index (χ2n) is 9.34. The second kappa shape index (κ2) is 8.30. The first-order valence-corrected chi connectivity index (χ1v) is 12.0. The van der Waals surface area contributed by atoms with Crippen molar-refractivity contribution in [1.82, 2.24) is 24.5 Å². The van der Waals surface area contributed by atoms with E-state index in [0.29, 0.717) is 42.6 Å². The lowest BCUT2D eigenvalue weighted by molar-refractivity contribution is -0.384. The van der Waals surface area contributed by atoms with Gasteiger partial charge in [-0.1, -0.05) is 30.7 Å². The molecule has 1 saturated carbocycles. The van der Waals surface area contributed by atoms with Gasteiger partial charge in [-0.05, 0) is 38.0 Å². The number of aromatic nitrogens is 4. The van der Waals surface area contributed by atoms with Crippen molar-refractivity contribution < 1.29 is 9.72 Å². The van der Waals surface area contributed by atoms with Gasteiger partial charge in [-0.25, -0.2) is 9.38 Å². The highest BCUT2D eigenvalue weighted by Gasteiger charge is 2.35. The number of nitrogens with zero attached hydrogens (tertiary/aromatic N) is 7. The summed E-state index contributed by atoms with van der Waals surface area (Å²) >= 11 is 0. The number of amides is 1. The van der Waals surface area contributed by atoms with Crippen LogP contribution in [0.1, 0.15) is 26.2 Å². The maximum absolute atomic E-state index is 12.9. The van der Waals surface area contributed by atoms with Crippen molar-refractivity contribution in [2.45, 2.75) is 32.2 Å². The van der Waals surface area contributed by atoms with Crippen LogP contribution in [0.2, 0.25) is 0 Å². The van der Waals surface area contributed by atoms with Crippen LogP contribution in [-0.2, 0) is 4.79 Å². The largest absolute Gasteiger partial charge is 0.338 e. The average Bonchev–Trinajstić information content (AvgIpc) is 3.27. The van der Waals surface area contributed by atoms with Gasteiger partial charge in [0.1, 0.15) is 0 Å². The van der Waals surface area contributed by atoms with Crippen molar-refractivity contribution in [3.8, 4) is 11.4 Å². The van der Waals surface area contributed by atoms with Crippen molar-refractivity contribution in [2.75, 3.05) is 24.5 Å². The van der Waals surface area contributed by atoms with Gasteiger partial charge in [0.05, 0.1) is 16.0 Å². The molecule has 1 aliphatic heterocycles. The van der Waals surface area contributed by atoms with Crippen LogP contribution in [0.15, 0.2) is 48.5 Å². The first-order valence-electron chi connectivity index (χ1n) is 12.0. The van der Waals surface area contributed by atoms with Crippen LogP contribution >= 0.6 is 0 Å². The van der Waals surface area contributed by atoms with E-state index in [9.17, 15) is 14.9 Å². The Morgan fingerprint density at radius 3 is 2.57 bits per heavy atom. The first-order chi connectivity index (χ1) is 17.0. The Balaban J connectivity index is 1.47. The predicted octanol–water partition coefficient (Wildman–Crippen LogP) is 3.69. The van der Waals surface area contributed by atoms with E-state index in [1.165, 1.54) is 6.07 Å². The normalized spacial score (nSPS) is 18.7. The molecule has 35 heavy (non-hydrogen) atoms. The average molecular weight is 472 g/mol. The fourth-order valence-electron chi connectivity index (χ4n) is 5.13. The number of nitro benzene ring substituents is 1. The van der Waals surface area contributed by atoms with Crippen LogP contribution in [0.25, 0.3) is 27.9 Å². The summed E-state index contributed by atoms with van der Waals surface area (Å²) in [5, 5.41) is 21.4. The van der Waals surface area contributed by atoms with Crippen LogP contribution in [0.4, 0.5) is 11.6 Å². The summed E-state index contributed by atoms with van der Waals surface area (Å²) in [6.45, 7) is 3.89. The van der Waals surface area contributed by atoms with E-state index in [0.717, 1.165) is 30.2 Å². The summed E-state index contributed by atoms with van der Waals surface area (Å²) < 4.78 is 1.82. The van der Waals surface area contributed by atoms with Crippen molar-refractivity contribution >= 4 is 34.1 Å². The second-order valence-corrected chi connectivity index (χ2v) is 9.34. The Labute approximate surface area is 201 Å². The van der Waals surface area contributed by atoms with Crippen LogP contribution in [0, 0.1) is 16.0 Å². The standard InChI is InChI=1S/C25H25N7O3/c1-16-15-29(13-14-30(16)24(33)17-7-6-8-17)25-26-20-11-4-2-9-18(20)22-27-28-23(31(22)25)19-10-3-5-12-21(19)32(34)35/h2-5,9-12,16-17H,6-8,13-15H2,1H3/t16-/m0/s1. The molecule has 0 spiro atoms. The number of anilines is 1. The van der Waals surface area contributed by atoms with Gasteiger partial charge in [0, 0.05) is 43.0 Å². The highest BCUT2D eigenvalue weighted by Crippen LogP contribution is 2.34. The van der Waals surface area contributed by atoms with Gasteiger partial charge in [0.25, 0.3) is 5.69 Å². The van der Waals surface area contributed by atoms with E-state index in [-0.39, 0.29) is 23.6 Å². The molecule has 10 nitrogen and oxygen atoms in total. The number of carbonyl (C=O) groups is 1. The molecule has 1 atom stereocenters. The Morgan fingerprint density at radius 2 is 1.83 bits per heavy atom. The quantitative estimate of drug-likeness (QED) is 0.330. The van der Waals surface area contributed by atoms with E-state index >= 15 is 0 Å². The molecule has 1 aliphatic carbocycles. The molecule has 178 valence electrons. The fourth-order valence-corrected chi connectivity index (χ4v) is 5.13. The SMILES string of the molecule is C[C@H]1CN(c2nc3ccccc3c3nnc(-c4ccccc4[N+](=O)[O-])n23)CCN1C(=O)C1CCC1. The van der Waals surface area contributed by atoms with Crippen LogP contribution in [0.5, 0.6) is 0 Å². The zero-order valence-electron chi connectivity index (χ0n) is 19.4. The fraction of sp³-hybridized carbons (Fsp3) is 0.360. The first kappa shape index (κ1) is 21.5. The molecule has 0 N–H and O–H groups in total. The molecule has 6 rings (SSSR count). The number of para-hydroxylation sites is 2. The summed E-state index contributed by atoms with van der Waals surface area (Å²) in [5.41, 5.74) is 1.72. The monoisotopic (exact) mass is 471 g/mol. The minimum absolute atomic E-state index is 0.0196. The molecular weight excluding hydrogens is 446 g/mol. The van der Waals surface area contributed by atoms with Gasteiger partial charge in [-0.2, -0.15) is 0 Å². The molecule has 2 aromatic heterocycles. The number of benzene rings is 2. The maximum Gasteiger partial charge on any atom is 0.280 e. The lowest BCUT2D eigenvalue weighted by atomic mass is 9.84. The lowest BCUT2D eigenvalue weighted by Crippen LogP contribution is -2.56. The van der Waals surface area contributed by atoms with E-state index in [1.54, 1.807) is 18.2 Å². The molecule has 2 aliphatic rings. The Morgan fingerprint density at radius 1 is 1.06 bits per heavy atom. The van der Waals surface area contributed by atoms with Crippen LogP contribution < -0.4 is 4.90 Å². The van der Waals surface area contributed by atoms with Gasteiger partial charge in [-0.3, -0.25) is 14.9 Å². The summed E-state index contributed by atoms with van der Waals surface area (Å²) in [5.74, 6) is 1.42. The summed E-state index contributed by atoms with van der Waals surface area (Å²) in [4.78, 5) is 33.4. The van der Waals surface area contributed by atoms with Crippen molar-refractivity contribution in [3.05, 3.63) is 58.6 Å². The minimum atomic E-state index is -0.405. The van der Waals surface area contributed by atoms with Gasteiger partial charge in [-0.15, -0.1) is 10.2 Å². The van der Waals surface area contributed by atoms with E-state index < -0.39 is 4.92 Å². The highest BCUT2D eigenvalue weighted by molar-refractivity contribution is 5.93. The molecule has 1 saturated heterocycles. The number of rotatable bonds is 4. The van der Waals surface area contributed by atoms with Gasteiger partial charge in [0.2, 0.25) is 11.9 Å². The number of piperazine rings is 1. The zero-order chi connectivity index (χ0) is 24.1. The lowest BCUT2D eigenvalue weighted by Gasteiger charge is -2.43. The van der Waals surface area contributed by atoms with Crippen LogP contribution in [-0.4, -0.2) is 61.0 Å². The molecular formula is C25H25N7O3. The van der Waals surface area contributed by atoms with Gasteiger partial charge < -0.3 is 9.80 Å². The zero-order valence-corrected chi connectivity index (χ0v) is 19.4. The predicted molar refractivity (Wildman–Crippen MR) is 131 cm³/mol. The van der Waals surface area contributed by atoms with Gasteiger partial charge in [0.15, 0.2) is 11.5 Å². The van der Waals surface area contributed by atoms with Crippen LogP contribution in [0.3, 0.4) is 0 Å². The van der Waals surface area contributed by atoms with Gasteiger partial charge >= 0.3 is 0 Å². The van der Waals surface area contributed by atoms with E-state index in [1.807, 2.05) is 33.6 Å². The Hall–Kier alpha value is -4.08. The number of hydrogen-bond acceptors (Lipinski definition) is 7. The van der Waals surface area contributed by atoms with E-state index in [4.69, 9.17) is 4.98 Å². The Bertz CT molecular complexity index is 1460. The smallest absolute Gasteiger partial charge is 0.280 e. The molecule has 0 unspecified atom stereocenters. The molecule has 10 heteroatoms. The minimum Gasteiger partial charge on any atom is -0.338 e. The Kier molecular flexibility index (Phi) is 5.09. The number of nitro groups is 1. The summed E-state index contributed by atoms with van der Waals surface area (Å²) in [6.07, 6.45) is 3.10. The molecule has 3 heterocycles. The topological polar surface area (TPSA) is 110 Å². The summed E-state index contributed by atoms with van der Waals surface area (Å²) in [7, 11) is 0. The molecule has 1 amide bonds. The highest BCUT2D eigenvalue weighted by atomic mass is 16.6. The third-order valence-electron chi connectivity index (χ3n) is 7.22. The van der Waals surface area contributed by atoms with Crippen molar-refractivity contribution in [1.29, 1.82) is 0 Å². The number of carbonyl (C=O) groups excluding carboxylic acids is 1. The third kappa shape index (κ3) is 3.48. The number of fused-ring (bicyclic) bond motifs is 3. The van der Waals surface area contributed by atoms with Crippen molar-refractivity contribution in [2.24, 2.45) is 5.92 Å². The van der Waals surface area contributed by atoms with E-state index in [2.05, 4.69) is 22.0 Å². The molecule has 0 radical (unpaired) electrons. The van der Waals surface area contributed by atoms with Crippen molar-refractivity contribution in [3.63, 3.8) is 0 Å². The molecule has 2 aromatic carbocycles. The number of hydrogen-bond donors (Lipinski definition) is 0. The molecule has 0 bridgehead atoms. The summed E-state index contributed by atoms with van der Waals surface area (Å²) in [6, 6.07) is 14.3. The third-order valence-corrected chi connectivity index (χ3v) is 7.22. The maximum atomic E-state index is 12.9. The molecule has 2 fully saturated rings.